The molecule has 2 aromatic heterocycles. The molecule has 3 heterocycles. The van der Waals surface area contributed by atoms with Crippen LogP contribution in [0.15, 0.2) is 79.3 Å². The fourth-order valence-electron chi connectivity index (χ4n) is 4.26. The number of hydrogen-bond donors (Lipinski definition) is 0. The maximum Gasteiger partial charge on any atom is 0.226 e. The second kappa shape index (κ2) is 8.11. The zero-order valence-corrected chi connectivity index (χ0v) is 16.8. The summed E-state index contributed by atoms with van der Waals surface area (Å²) in [4.78, 5) is 23.7. The van der Waals surface area contributed by atoms with Gasteiger partial charge in [0, 0.05) is 25.3 Å². The lowest BCUT2D eigenvalue weighted by Crippen LogP contribution is -2.39. The average Bonchev–Trinajstić information content (AvgIpc) is 3.24. The number of carbonyl (C=O) groups excluding carboxylic acids is 1. The average molecular weight is 396 g/mol. The summed E-state index contributed by atoms with van der Waals surface area (Å²) in [6, 6.07) is 22.9. The molecule has 0 radical (unpaired) electrons. The van der Waals surface area contributed by atoms with Gasteiger partial charge in [0.15, 0.2) is 5.65 Å². The number of aromatic nitrogens is 3. The number of amides is 1. The third kappa shape index (κ3) is 3.71. The number of fused-ring (bicyclic) bond motifs is 1. The number of piperidine rings is 1. The van der Waals surface area contributed by atoms with E-state index >= 15 is 0 Å². The summed E-state index contributed by atoms with van der Waals surface area (Å²) < 4.78 is 2.17. The highest BCUT2D eigenvalue weighted by molar-refractivity contribution is 5.79. The van der Waals surface area contributed by atoms with Crippen LogP contribution in [0.1, 0.15) is 24.4 Å². The van der Waals surface area contributed by atoms with E-state index in [9.17, 15) is 4.79 Å². The molecule has 0 aliphatic carbocycles. The van der Waals surface area contributed by atoms with Gasteiger partial charge in [-0.05, 0) is 41.7 Å². The zero-order valence-electron chi connectivity index (χ0n) is 16.8. The summed E-state index contributed by atoms with van der Waals surface area (Å²) in [5.74, 6) is 0.203. The lowest BCUT2D eigenvalue weighted by atomic mass is 10.0. The number of benzene rings is 2. The number of hydrogen-bond acceptors (Lipinski definition) is 3. The van der Waals surface area contributed by atoms with E-state index in [0.29, 0.717) is 12.5 Å². The van der Waals surface area contributed by atoms with Gasteiger partial charge in [0.25, 0.3) is 0 Å². The first-order chi connectivity index (χ1) is 14.8. The Balaban J connectivity index is 1.20. The second-order valence-electron chi connectivity index (χ2n) is 7.85. The molecule has 1 saturated heterocycles. The summed E-state index contributed by atoms with van der Waals surface area (Å²) in [6.07, 6.45) is 6.01. The van der Waals surface area contributed by atoms with E-state index in [2.05, 4.69) is 50.9 Å². The largest absolute Gasteiger partial charge is 0.342 e. The molecule has 0 saturated carbocycles. The normalized spacial score (nSPS) is 14.9. The van der Waals surface area contributed by atoms with Crippen molar-refractivity contribution < 1.29 is 4.79 Å². The van der Waals surface area contributed by atoms with Crippen LogP contribution in [0.5, 0.6) is 0 Å². The first-order valence-corrected chi connectivity index (χ1v) is 10.5. The van der Waals surface area contributed by atoms with E-state index in [1.165, 1.54) is 11.1 Å². The quantitative estimate of drug-likeness (QED) is 0.510. The smallest absolute Gasteiger partial charge is 0.226 e. The Hall–Kier alpha value is -3.47. The van der Waals surface area contributed by atoms with Crippen LogP contribution in [0.2, 0.25) is 0 Å². The van der Waals surface area contributed by atoms with E-state index in [1.54, 1.807) is 0 Å². The second-order valence-corrected chi connectivity index (χ2v) is 7.85. The first kappa shape index (κ1) is 18.6. The van der Waals surface area contributed by atoms with Gasteiger partial charge in [-0.3, -0.25) is 4.79 Å². The van der Waals surface area contributed by atoms with Gasteiger partial charge in [-0.15, -0.1) is 0 Å². The Labute approximate surface area is 176 Å². The molecule has 1 fully saturated rings. The van der Waals surface area contributed by atoms with E-state index in [-0.39, 0.29) is 5.91 Å². The van der Waals surface area contributed by atoms with Crippen LogP contribution >= 0.6 is 0 Å². The van der Waals surface area contributed by atoms with Crippen molar-refractivity contribution in [2.45, 2.75) is 25.3 Å². The van der Waals surface area contributed by atoms with Crippen LogP contribution in [0.25, 0.3) is 22.3 Å². The summed E-state index contributed by atoms with van der Waals surface area (Å²) >= 11 is 0. The van der Waals surface area contributed by atoms with Crippen LogP contribution in [-0.2, 0) is 11.2 Å². The predicted octanol–water partition coefficient (Wildman–Crippen LogP) is 4.50. The van der Waals surface area contributed by atoms with Crippen LogP contribution in [0, 0.1) is 0 Å². The molecule has 4 aromatic rings. The fraction of sp³-hybridized carbons (Fsp3) is 0.240. The SMILES string of the molecule is O=C(Cc1ccc(-c2ccccc2)cc1)N1CCC(n2cnc3cccnc32)CC1. The standard InChI is InChI=1S/C25H24N4O/c30-24(17-19-8-10-21(11-9-19)20-5-2-1-3-6-20)28-15-12-22(13-16-28)29-18-27-23-7-4-14-26-25(23)29/h1-11,14,18,22H,12-13,15-17H2. The number of rotatable bonds is 4. The molecule has 0 spiro atoms. The zero-order chi connectivity index (χ0) is 20.3. The summed E-state index contributed by atoms with van der Waals surface area (Å²) in [6.45, 7) is 1.55. The summed E-state index contributed by atoms with van der Waals surface area (Å²) in [5, 5.41) is 0. The first-order valence-electron chi connectivity index (χ1n) is 10.5. The molecule has 0 atom stereocenters. The van der Waals surface area contributed by atoms with Crippen molar-refractivity contribution in [2.75, 3.05) is 13.1 Å². The molecule has 0 unspecified atom stereocenters. The van der Waals surface area contributed by atoms with Gasteiger partial charge in [-0.2, -0.15) is 0 Å². The van der Waals surface area contributed by atoms with Crippen molar-refractivity contribution in [1.29, 1.82) is 0 Å². The molecule has 5 nitrogen and oxygen atoms in total. The molecule has 0 N–H and O–H groups in total. The van der Waals surface area contributed by atoms with E-state index < -0.39 is 0 Å². The van der Waals surface area contributed by atoms with Crippen molar-refractivity contribution in [3.63, 3.8) is 0 Å². The molecule has 1 aliphatic rings. The van der Waals surface area contributed by atoms with Gasteiger partial charge < -0.3 is 9.47 Å². The highest BCUT2D eigenvalue weighted by Gasteiger charge is 2.25. The highest BCUT2D eigenvalue weighted by atomic mass is 16.2. The maximum absolute atomic E-state index is 12.8. The molecule has 150 valence electrons. The minimum atomic E-state index is 0.203. The van der Waals surface area contributed by atoms with Crippen LogP contribution in [0.3, 0.4) is 0 Å². The van der Waals surface area contributed by atoms with Crippen molar-refractivity contribution in [2.24, 2.45) is 0 Å². The Morgan fingerprint density at radius 3 is 2.37 bits per heavy atom. The Morgan fingerprint density at radius 2 is 1.60 bits per heavy atom. The molecule has 5 rings (SSSR count). The number of carbonyl (C=O) groups is 1. The van der Waals surface area contributed by atoms with Crippen molar-refractivity contribution in [1.82, 2.24) is 19.4 Å². The molecule has 30 heavy (non-hydrogen) atoms. The van der Waals surface area contributed by atoms with Gasteiger partial charge in [0.05, 0.1) is 12.7 Å². The van der Waals surface area contributed by atoms with E-state index in [1.807, 2.05) is 47.8 Å². The highest BCUT2D eigenvalue weighted by Crippen LogP contribution is 2.26. The van der Waals surface area contributed by atoms with Gasteiger partial charge in [-0.25, -0.2) is 9.97 Å². The van der Waals surface area contributed by atoms with Crippen LogP contribution < -0.4 is 0 Å². The van der Waals surface area contributed by atoms with Gasteiger partial charge in [0.2, 0.25) is 5.91 Å². The third-order valence-electron chi connectivity index (χ3n) is 5.96. The minimum absolute atomic E-state index is 0.203. The molecule has 1 aliphatic heterocycles. The predicted molar refractivity (Wildman–Crippen MR) is 118 cm³/mol. The molecule has 1 amide bonds. The monoisotopic (exact) mass is 396 g/mol. The molecular formula is C25H24N4O. The Morgan fingerprint density at radius 1 is 0.867 bits per heavy atom. The lowest BCUT2D eigenvalue weighted by molar-refractivity contribution is -0.131. The Bertz CT molecular complexity index is 1140. The Kier molecular flexibility index (Phi) is 5.01. The van der Waals surface area contributed by atoms with Crippen molar-refractivity contribution >= 4 is 17.1 Å². The molecule has 0 bridgehead atoms. The van der Waals surface area contributed by atoms with E-state index in [0.717, 1.165) is 42.7 Å². The maximum atomic E-state index is 12.8. The lowest BCUT2D eigenvalue weighted by Gasteiger charge is -2.32. The van der Waals surface area contributed by atoms with E-state index in [4.69, 9.17) is 0 Å². The molecule has 5 heteroatoms. The third-order valence-corrected chi connectivity index (χ3v) is 5.96. The number of imidazole rings is 1. The fourth-order valence-corrected chi connectivity index (χ4v) is 4.26. The minimum Gasteiger partial charge on any atom is -0.342 e. The topological polar surface area (TPSA) is 51.0 Å². The van der Waals surface area contributed by atoms with Crippen molar-refractivity contribution in [3.8, 4) is 11.1 Å². The summed E-state index contributed by atoms with van der Waals surface area (Å²) in [7, 11) is 0. The van der Waals surface area contributed by atoms with Gasteiger partial charge in [0.1, 0.15) is 5.52 Å². The molecular weight excluding hydrogens is 372 g/mol. The molecule has 2 aromatic carbocycles. The number of pyridine rings is 1. The van der Waals surface area contributed by atoms with Gasteiger partial charge in [-0.1, -0.05) is 54.6 Å². The van der Waals surface area contributed by atoms with Gasteiger partial charge >= 0.3 is 0 Å². The van der Waals surface area contributed by atoms with Crippen LogP contribution in [-0.4, -0.2) is 38.4 Å². The van der Waals surface area contributed by atoms with Crippen LogP contribution in [0.4, 0.5) is 0 Å². The number of nitrogens with zero attached hydrogens (tertiary/aromatic N) is 4. The van der Waals surface area contributed by atoms with Crippen molar-refractivity contribution in [3.05, 3.63) is 84.8 Å². The summed E-state index contributed by atoms with van der Waals surface area (Å²) in [5.41, 5.74) is 5.29. The number of likely N-dealkylation sites (tertiary alicyclic amines) is 1.